The van der Waals surface area contributed by atoms with Crippen LogP contribution in [0.25, 0.3) is 5.76 Å². The topological polar surface area (TPSA) is 76.1 Å². The summed E-state index contributed by atoms with van der Waals surface area (Å²) in [7, 11) is 3.01. The molecule has 0 saturated carbocycles. The Morgan fingerprint density at radius 1 is 0.906 bits per heavy atom. The second-order valence-corrected chi connectivity index (χ2v) is 7.15. The zero-order valence-corrected chi connectivity index (χ0v) is 17.4. The van der Waals surface area contributed by atoms with Gasteiger partial charge >= 0.3 is 0 Å². The standard InChI is InChI=1S/C25H20FNO5/c1-31-19-11-9-15(10-12-19)22-21(23(28)16-5-3-8-20(13-16)32-2)24(29)25(30)27(22)18-7-4-6-17(26)14-18/h3-14,22,28H,1-2H3/b23-21+. The fourth-order valence-corrected chi connectivity index (χ4v) is 3.75. The van der Waals surface area contributed by atoms with Gasteiger partial charge < -0.3 is 14.6 Å². The first kappa shape index (κ1) is 21.1. The third kappa shape index (κ3) is 3.69. The van der Waals surface area contributed by atoms with Gasteiger partial charge in [0, 0.05) is 11.3 Å². The van der Waals surface area contributed by atoms with E-state index in [1.54, 1.807) is 48.5 Å². The Hall–Kier alpha value is -4.13. The number of halogens is 1. The summed E-state index contributed by atoms with van der Waals surface area (Å²) in [5.74, 6) is -1.55. The van der Waals surface area contributed by atoms with E-state index in [4.69, 9.17) is 9.47 Å². The number of carbonyl (C=O) groups excluding carboxylic acids is 2. The summed E-state index contributed by atoms with van der Waals surface area (Å²) in [6, 6.07) is 17.8. The minimum atomic E-state index is -0.964. The Bertz CT molecular complexity index is 1220. The van der Waals surface area contributed by atoms with Crippen molar-refractivity contribution < 1.29 is 28.6 Å². The van der Waals surface area contributed by atoms with Crippen molar-refractivity contribution in [1.82, 2.24) is 0 Å². The number of hydrogen-bond acceptors (Lipinski definition) is 5. The Morgan fingerprint density at radius 2 is 1.59 bits per heavy atom. The zero-order valence-electron chi connectivity index (χ0n) is 17.4. The van der Waals surface area contributed by atoms with E-state index in [0.717, 1.165) is 0 Å². The number of rotatable bonds is 5. The Kier molecular flexibility index (Phi) is 5.64. The van der Waals surface area contributed by atoms with Crippen LogP contribution in [-0.2, 0) is 9.59 Å². The van der Waals surface area contributed by atoms with Crippen LogP contribution in [0.2, 0.25) is 0 Å². The molecule has 1 aliphatic heterocycles. The Labute approximate surface area is 184 Å². The van der Waals surface area contributed by atoms with Gasteiger partial charge in [-0.2, -0.15) is 0 Å². The summed E-state index contributed by atoms with van der Waals surface area (Å²) in [5, 5.41) is 11.1. The summed E-state index contributed by atoms with van der Waals surface area (Å²) in [4.78, 5) is 27.3. The predicted molar refractivity (Wildman–Crippen MR) is 117 cm³/mol. The first-order valence-corrected chi connectivity index (χ1v) is 9.79. The molecule has 3 aromatic rings. The molecule has 1 fully saturated rings. The van der Waals surface area contributed by atoms with E-state index in [1.807, 2.05) is 0 Å². The van der Waals surface area contributed by atoms with Gasteiger partial charge in [-0.1, -0.05) is 30.3 Å². The van der Waals surface area contributed by atoms with Crippen LogP contribution in [0.1, 0.15) is 17.2 Å². The predicted octanol–water partition coefficient (Wildman–Crippen LogP) is 4.47. The van der Waals surface area contributed by atoms with Crippen molar-refractivity contribution in [1.29, 1.82) is 0 Å². The van der Waals surface area contributed by atoms with E-state index >= 15 is 0 Å². The molecule has 6 nitrogen and oxygen atoms in total. The quantitative estimate of drug-likeness (QED) is 0.365. The van der Waals surface area contributed by atoms with Crippen molar-refractivity contribution in [3.8, 4) is 11.5 Å². The number of methoxy groups -OCH3 is 2. The summed E-state index contributed by atoms with van der Waals surface area (Å²) in [6.45, 7) is 0. The number of amides is 1. The molecule has 0 radical (unpaired) electrons. The van der Waals surface area contributed by atoms with Crippen LogP contribution < -0.4 is 14.4 Å². The SMILES string of the molecule is COc1ccc(C2/C(=C(\O)c3cccc(OC)c3)C(=O)C(=O)N2c2cccc(F)c2)cc1. The van der Waals surface area contributed by atoms with E-state index in [2.05, 4.69) is 0 Å². The highest BCUT2D eigenvalue weighted by atomic mass is 19.1. The number of ether oxygens (including phenoxy) is 2. The molecular weight excluding hydrogens is 413 g/mol. The van der Waals surface area contributed by atoms with Crippen LogP contribution in [0.3, 0.4) is 0 Å². The molecular formula is C25H20FNO5. The monoisotopic (exact) mass is 433 g/mol. The molecule has 0 bridgehead atoms. The van der Waals surface area contributed by atoms with Gasteiger partial charge in [0.25, 0.3) is 11.7 Å². The van der Waals surface area contributed by atoms with Crippen molar-refractivity contribution in [3.05, 3.63) is 95.3 Å². The highest BCUT2D eigenvalue weighted by Crippen LogP contribution is 2.42. The zero-order chi connectivity index (χ0) is 22.8. The molecule has 0 aromatic heterocycles. The first-order chi connectivity index (χ1) is 15.4. The molecule has 0 aliphatic carbocycles. The van der Waals surface area contributed by atoms with Crippen LogP contribution in [-0.4, -0.2) is 31.0 Å². The largest absolute Gasteiger partial charge is 0.507 e. The molecule has 1 unspecified atom stereocenters. The molecule has 1 N–H and O–H groups in total. The van der Waals surface area contributed by atoms with Crippen LogP contribution >= 0.6 is 0 Å². The minimum absolute atomic E-state index is 0.0994. The molecule has 3 aromatic carbocycles. The van der Waals surface area contributed by atoms with Gasteiger partial charge in [-0.3, -0.25) is 14.5 Å². The van der Waals surface area contributed by atoms with Crippen molar-refractivity contribution in [2.24, 2.45) is 0 Å². The minimum Gasteiger partial charge on any atom is -0.507 e. The number of anilines is 1. The summed E-state index contributed by atoms with van der Waals surface area (Å²) in [6.07, 6.45) is 0. The number of nitrogens with zero attached hydrogens (tertiary/aromatic N) is 1. The Morgan fingerprint density at radius 3 is 2.25 bits per heavy atom. The lowest BCUT2D eigenvalue weighted by Gasteiger charge is -2.25. The molecule has 1 atom stereocenters. The molecule has 1 amide bonds. The van der Waals surface area contributed by atoms with Crippen molar-refractivity contribution in [2.75, 3.05) is 19.1 Å². The number of aliphatic hydroxyl groups is 1. The van der Waals surface area contributed by atoms with Gasteiger partial charge in [-0.05, 0) is 48.0 Å². The van der Waals surface area contributed by atoms with E-state index < -0.39 is 23.5 Å². The maximum Gasteiger partial charge on any atom is 0.300 e. The average Bonchev–Trinajstić information content (AvgIpc) is 3.09. The van der Waals surface area contributed by atoms with Crippen LogP contribution in [0.4, 0.5) is 10.1 Å². The average molecular weight is 433 g/mol. The highest BCUT2D eigenvalue weighted by molar-refractivity contribution is 6.51. The molecule has 1 saturated heterocycles. The maximum atomic E-state index is 14.0. The lowest BCUT2D eigenvalue weighted by Crippen LogP contribution is -2.29. The van der Waals surface area contributed by atoms with Crippen LogP contribution in [0, 0.1) is 5.82 Å². The molecule has 4 rings (SSSR count). The number of carbonyl (C=O) groups is 2. The summed E-state index contributed by atoms with van der Waals surface area (Å²) < 4.78 is 24.4. The highest BCUT2D eigenvalue weighted by Gasteiger charge is 2.47. The first-order valence-electron chi connectivity index (χ1n) is 9.79. The number of benzene rings is 3. The lowest BCUT2D eigenvalue weighted by molar-refractivity contribution is -0.132. The van der Waals surface area contributed by atoms with Gasteiger partial charge in [0.1, 0.15) is 23.1 Å². The van der Waals surface area contributed by atoms with Gasteiger partial charge in [0.15, 0.2) is 0 Å². The number of Topliss-reactive ketones (excluding diaryl/α,β-unsaturated/α-hetero) is 1. The van der Waals surface area contributed by atoms with E-state index in [1.165, 1.54) is 43.4 Å². The molecule has 32 heavy (non-hydrogen) atoms. The second-order valence-electron chi connectivity index (χ2n) is 7.15. The smallest absolute Gasteiger partial charge is 0.300 e. The number of hydrogen-bond donors (Lipinski definition) is 1. The fourth-order valence-electron chi connectivity index (χ4n) is 3.75. The molecule has 162 valence electrons. The summed E-state index contributed by atoms with van der Waals surface area (Å²) >= 11 is 0. The summed E-state index contributed by atoms with van der Waals surface area (Å²) in [5.41, 5.74) is 0.981. The molecule has 0 spiro atoms. The second kappa shape index (κ2) is 8.55. The van der Waals surface area contributed by atoms with Gasteiger partial charge in [0.2, 0.25) is 0 Å². The van der Waals surface area contributed by atoms with Crippen LogP contribution in [0.5, 0.6) is 11.5 Å². The van der Waals surface area contributed by atoms with Gasteiger partial charge in [0.05, 0.1) is 25.8 Å². The normalized spacial score (nSPS) is 17.5. The van der Waals surface area contributed by atoms with Crippen molar-refractivity contribution in [2.45, 2.75) is 6.04 Å². The molecule has 1 aliphatic rings. The third-order valence-electron chi connectivity index (χ3n) is 5.31. The van der Waals surface area contributed by atoms with E-state index in [9.17, 15) is 19.1 Å². The molecule has 1 heterocycles. The number of ketones is 1. The molecule has 7 heteroatoms. The lowest BCUT2D eigenvalue weighted by atomic mass is 9.95. The van der Waals surface area contributed by atoms with Crippen LogP contribution in [0.15, 0.2) is 78.4 Å². The van der Waals surface area contributed by atoms with Crippen molar-refractivity contribution >= 4 is 23.1 Å². The third-order valence-corrected chi connectivity index (χ3v) is 5.31. The van der Waals surface area contributed by atoms with Gasteiger partial charge in [-0.25, -0.2) is 4.39 Å². The fraction of sp³-hybridized carbons (Fsp3) is 0.120. The number of aliphatic hydroxyl groups excluding tert-OH is 1. The van der Waals surface area contributed by atoms with Gasteiger partial charge in [-0.15, -0.1) is 0 Å². The Balaban J connectivity index is 1.94. The van der Waals surface area contributed by atoms with E-state index in [0.29, 0.717) is 22.6 Å². The maximum absolute atomic E-state index is 14.0. The van der Waals surface area contributed by atoms with E-state index in [-0.39, 0.29) is 17.0 Å². The van der Waals surface area contributed by atoms with Crippen molar-refractivity contribution in [3.63, 3.8) is 0 Å².